The fourth-order valence-corrected chi connectivity index (χ4v) is 3.56. The summed E-state index contributed by atoms with van der Waals surface area (Å²) in [4.78, 5) is 8.73. The van der Waals surface area contributed by atoms with E-state index in [-0.39, 0.29) is 5.92 Å². The maximum atomic E-state index is 9.40. The normalized spacial score (nSPS) is 16.5. The molecular weight excluding hydrogens is 424 g/mol. The molecule has 0 atom stereocenters. The molecule has 6 heteroatoms. The summed E-state index contributed by atoms with van der Waals surface area (Å²) in [5.74, 6) is 1.74. The van der Waals surface area contributed by atoms with Gasteiger partial charge in [-0.3, -0.25) is 9.98 Å². The third kappa shape index (κ3) is 9.36. The lowest BCUT2D eigenvalue weighted by molar-refractivity contribution is 0.0754. The molecule has 1 aliphatic heterocycles. The van der Waals surface area contributed by atoms with Crippen LogP contribution in [0.1, 0.15) is 64.0 Å². The minimum absolute atomic E-state index is 0.260. The number of nitrogens with two attached hydrogens (primary N) is 1. The van der Waals surface area contributed by atoms with Crippen LogP contribution in [0.15, 0.2) is 57.8 Å². The molecule has 182 valence electrons. The van der Waals surface area contributed by atoms with Crippen molar-refractivity contribution in [2.24, 2.45) is 27.6 Å². The molecule has 0 amide bonds. The third-order valence-corrected chi connectivity index (χ3v) is 5.44. The van der Waals surface area contributed by atoms with E-state index in [1.54, 1.807) is 25.3 Å². The van der Waals surface area contributed by atoms with Gasteiger partial charge in [-0.25, -0.2) is 0 Å². The lowest BCUT2D eigenvalue weighted by atomic mass is 9.96. The average molecular weight is 463 g/mol. The van der Waals surface area contributed by atoms with Crippen molar-refractivity contribution in [1.29, 1.82) is 5.26 Å². The van der Waals surface area contributed by atoms with Crippen LogP contribution in [0, 0.1) is 23.2 Å². The molecule has 0 bridgehead atoms. The summed E-state index contributed by atoms with van der Waals surface area (Å²) in [5, 5.41) is 9.40. The second-order valence-corrected chi connectivity index (χ2v) is 8.81. The summed E-state index contributed by atoms with van der Waals surface area (Å²) in [5.41, 5.74) is 9.59. The number of unbranched alkanes of at least 4 members (excludes halogenated alkanes) is 1. The molecule has 2 rings (SSSR count). The van der Waals surface area contributed by atoms with Crippen molar-refractivity contribution < 1.29 is 9.47 Å². The molecule has 1 saturated heterocycles. The zero-order valence-electron chi connectivity index (χ0n) is 21.0. The van der Waals surface area contributed by atoms with E-state index in [2.05, 4.69) is 42.9 Å². The van der Waals surface area contributed by atoms with Crippen molar-refractivity contribution >= 4 is 18.2 Å². The van der Waals surface area contributed by atoms with Crippen molar-refractivity contribution in [3.8, 4) is 11.8 Å². The largest absolute Gasteiger partial charge is 0.439 e. The summed E-state index contributed by atoms with van der Waals surface area (Å²) in [7, 11) is 1.67. The molecule has 0 saturated carbocycles. The van der Waals surface area contributed by atoms with Crippen LogP contribution in [-0.2, 0) is 4.74 Å². The highest BCUT2D eigenvalue weighted by Crippen LogP contribution is 2.25. The minimum Gasteiger partial charge on any atom is -0.439 e. The predicted molar refractivity (Wildman–Crippen MR) is 141 cm³/mol. The van der Waals surface area contributed by atoms with Crippen LogP contribution in [0.5, 0.6) is 5.75 Å². The van der Waals surface area contributed by atoms with Crippen LogP contribution in [0.4, 0.5) is 0 Å². The Hall–Kier alpha value is -3.17. The van der Waals surface area contributed by atoms with E-state index in [0.717, 1.165) is 48.9 Å². The Morgan fingerprint density at radius 2 is 2.09 bits per heavy atom. The number of nitrogens with zero attached hydrogens (tertiary/aromatic N) is 3. The first-order chi connectivity index (χ1) is 16.5. The van der Waals surface area contributed by atoms with Gasteiger partial charge in [0.15, 0.2) is 0 Å². The summed E-state index contributed by atoms with van der Waals surface area (Å²) < 4.78 is 11.6. The Labute approximate surface area is 204 Å². The molecule has 0 aromatic heterocycles. The van der Waals surface area contributed by atoms with Gasteiger partial charge in [0.25, 0.3) is 0 Å². The Balaban J connectivity index is 2.29. The number of benzene rings is 1. The molecule has 1 aliphatic rings. The van der Waals surface area contributed by atoms with Gasteiger partial charge in [-0.2, -0.15) is 5.26 Å². The molecule has 1 aromatic rings. The lowest BCUT2D eigenvalue weighted by Crippen LogP contribution is -2.23. The number of allylic oxidation sites excluding steroid dienone is 3. The molecule has 0 radical (unpaired) electrons. The third-order valence-electron chi connectivity index (χ3n) is 5.44. The second-order valence-electron chi connectivity index (χ2n) is 8.81. The van der Waals surface area contributed by atoms with Gasteiger partial charge in [0.2, 0.25) is 5.90 Å². The van der Waals surface area contributed by atoms with Crippen LogP contribution < -0.4 is 10.5 Å². The second kappa shape index (κ2) is 14.9. The zero-order chi connectivity index (χ0) is 24.8. The first-order valence-corrected chi connectivity index (χ1v) is 12.1. The van der Waals surface area contributed by atoms with Crippen molar-refractivity contribution in [1.82, 2.24) is 0 Å². The SMILES string of the molecule is CCCC=N/C=C(\C=C/c1ccc(C#N)cc1OC(C=C(N)C1CCOCC1)=NC)CC(C)C. The Morgan fingerprint density at radius 1 is 1.32 bits per heavy atom. The minimum atomic E-state index is 0.260. The van der Waals surface area contributed by atoms with Crippen LogP contribution in [0.3, 0.4) is 0 Å². The number of hydrogen-bond donors (Lipinski definition) is 1. The maximum absolute atomic E-state index is 9.40. The predicted octanol–water partition coefficient (Wildman–Crippen LogP) is 6.05. The van der Waals surface area contributed by atoms with Gasteiger partial charge in [-0.05, 0) is 55.4 Å². The Kier molecular flexibility index (Phi) is 11.8. The van der Waals surface area contributed by atoms with E-state index in [0.29, 0.717) is 36.3 Å². The van der Waals surface area contributed by atoms with Gasteiger partial charge >= 0.3 is 0 Å². The van der Waals surface area contributed by atoms with Crippen LogP contribution in [-0.4, -0.2) is 32.4 Å². The highest BCUT2D eigenvalue weighted by atomic mass is 16.5. The maximum Gasteiger partial charge on any atom is 0.216 e. The fourth-order valence-electron chi connectivity index (χ4n) is 3.56. The van der Waals surface area contributed by atoms with E-state index in [1.807, 2.05) is 24.6 Å². The number of hydrogen-bond acceptors (Lipinski definition) is 6. The Morgan fingerprint density at radius 3 is 2.74 bits per heavy atom. The molecule has 0 spiro atoms. The molecule has 0 aliphatic carbocycles. The van der Waals surface area contributed by atoms with Gasteiger partial charge < -0.3 is 15.2 Å². The molecule has 6 nitrogen and oxygen atoms in total. The number of rotatable bonds is 10. The van der Waals surface area contributed by atoms with Crippen LogP contribution in [0.25, 0.3) is 6.08 Å². The Bertz CT molecular complexity index is 975. The van der Waals surface area contributed by atoms with Crippen molar-refractivity contribution in [3.05, 3.63) is 58.9 Å². The number of nitriles is 1. The first-order valence-electron chi connectivity index (χ1n) is 12.1. The van der Waals surface area contributed by atoms with Crippen molar-refractivity contribution in [3.63, 3.8) is 0 Å². The molecule has 0 unspecified atom stereocenters. The smallest absolute Gasteiger partial charge is 0.216 e. The summed E-state index contributed by atoms with van der Waals surface area (Å²) in [6.07, 6.45) is 14.5. The van der Waals surface area contributed by atoms with E-state index in [9.17, 15) is 5.26 Å². The van der Waals surface area contributed by atoms with Crippen LogP contribution in [0.2, 0.25) is 0 Å². The molecule has 1 aromatic carbocycles. The van der Waals surface area contributed by atoms with E-state index >= 15 is 0 Å². The fraction of sp³-hybridized carbons (Fsp3) is 0.464. The quantitative estimate of drug-likeness (QED) is 0.260. The van der Waals surface area contributed by atoms with Crippen molar-refractivity contribution in [2.45, 2.75) is 52.9 Å². The zero-order valence-corrected chi connectivity index (χ0v) is 21.0. The molecular formula is C28H38N4O2. The van der Waals surface area contributed by atoms with Gasteiger partial charge in [0.05, 0.1) is 11.6 Å². The highest BCUT2D eigenvalue weighted by Gasteiger charge is 2.17. The summed E-state index contributed by atoms with van der Waals surface area (Å²) >= 11 is 0. The first kappa shape index (κ1) is 27.1. The molecule has 1 heterocycles. The highest BCUT2D eigenvalue weighted by molar-refractivity contribution is 5.90. The van der Waals surface area contributed by atoms with Gasteiger partial charge in [0, 0.05) is 55.9 Å². The number of ether oxygens (including phenoxy) is 2. The summed E-state index contributed by atoms with van der Waals surface area (Å²) in [6.45, 7) is 7.94. The molecule has 2 N–H and O–H groups in total. The summed E-state index contributed by atoms with van der Waals surface area (Å²) in [6, 6.07) is 7.58. The van der Waals surface area contributed by atoms with Crippen molar-refractivity contribution in [2.75, 3.05) is 20.3 Å². The van der Waals surface area contributed by atoms with E-state index < -0.39 is 0 Å². The van der Waals surface area contributed by atoms with Gasteiger partial charge in [-0.1, -0.05) is 39.3 Å². The topological polar surface area (TPSA) is 93.0 Å². The lowest BCUT2D eigenvalue weighted by Gasteiger charge is -2.22. The number of aliphatic imine (C=N–C) groups is 2. The standard InChI is InChI=1S/C28H38N4O2/c1-5-6-13-32-20-23(16-21(2)3)8-10-25-9-7-22(19-29)17-27(25)34-28(31-4)18-26(30)24-11-14-33-15-12-24/h7-10,13,17-18,20-21,24H,5-6,11-12,14-16,30H2,1-4H3/b10-8-,23-20+,26-18?,31-28?,32-13?. The molecule has 34 heavy (non-hydrogen) atoms. The van der Waals surface area contributed by atoms with Gasteiger partial charge in [0.1, 0.15) is 5.75 Å². The molecule has 1 fully saturated rings. The van der Waals surface area contributed by atoms with Crippen LogP contribution >= 0.6 is 0 Å². The van der Waals surface area contributed by atoms with E-state index in [1.165, 1.54) is 0 Å². The van der Waals surface area contributed by atoms with E-state index in [4.69, 9.17) is 15.2 Å². The average Bonchev–Trinajstić information content (AvgIpc) is 2.85. The van der Waals surface area contributed by atoms with Gasteiger partial charge in [-0.15, -0.1) is 0 Å². The monoisotopic (exact) mass is 462 g/mol.